The number of aryl methyl sites for hydroxylation is 1. The van der Waals surface area contributed by atoms with Gasteiger partial charge in [0, 0.05) is 6.42 Å². The molecule has 1 aromatic rings. The molecular weight excluding hydrogens is 228 g/mol. The van der Waals surface area contributed by atoms with E-state index in [9.17, 15) is 9.90 Å². The zero-order chi connectivity index (χ0) is 13.5. The standard InChI is InChI=1S/C15H22O3/c1-3-4-12-5-7-13(8-6-12)14(16)9-11(2)10-15(17)18/h5-8,11,14,16H,3-4,9-10H2,1-2H3,(H,17,18). The lowest BCUT2D eigenvalue weighted by atomic mass is 9.95. The van der Waals surface area contributed by atoms with Gasteiger partial charge in [-0.3, -0.25) is 4.79 Å². The van der Waals surface area contributed by atoms with Crippen LogP contribution in [-0.4, -0.2) is 16.2 Å². The molecule has 2 atom stereocenters. The first-order valence-electron chi connectivity index (χ1n) is 6.51. The van der Waals surface area contributed by atoms with Crippen molar-refractivity contribution in [1.29, 1.82) is 0 Å². The van der Waals surface area contributed by atoms with Gasteiger partial charge in [-0.05, 0) is 29.9 Å². The van der Waals surface area contributed by atoms with Crippen molar-refractivity contribution >= 4 is 5.97 Å². The van der Waals surface area contributed by atoms with E-state index in [2.05, 4.69) is 6.92 Å². The van der Waals surface area contributed by atoms with E-state index in [1.54, 1.807) is 0 Å². The number of hydrogen-bond donors (Lipinski definition) is 2. The number of hydrogen-bond acceptors (Lipinski definition) is 2. The highest BCUT2D eigenvalue weighted by atomic mass is 16.4. The molecule has 0 saturated heterocycles. The number of aliphatic carboxylic acids is 1. The van der Waals surface area contributed by atoms with Crippen LogP contribution in [0, 0.1) is 5.92 Å². The molecule has 0 bridgehead atoms. The molecule has 0 fully saturated rings. The van der Waals surface area contributed by atoms with Crippen molar-refractivity contribution < 1.29 is 15.0 Å². The predicted molar refractivity (Wildman–Crippen MR) is 71.4 cm³/mol. The van der Waals surface area contributed by atoms with Crippen molar-refractivity contribution in [3.63, 3.8) is 0 Å². The SMILES string of the molecule is CCCc1ccc(C(O)CC(C)CC(=O)O)cc1. The highest BCUT2D eigenvalue weighted by Crippen LogP contribution is 2.23. The first-order valence-corrected chi connectivity index (χ1v) is 6.51. The summed E-state index contributed by atoms with van der Waals surface area (Å²) in [5.74, 6) is -0.833. The van der Waals surface area contributed by atoms with E-state index in [0.717, 1.165) is 18.4 Å². The van der Waals surface area contributed by atoms with Gasteiger partial charge >= 0.3 is 5.97 Å². The Kier molecular flexibility index (Phi) is 5.86. The highest BCUT2D eigenvalue weighted by Gasteiger charge is 2.14. The second-order valence-corrected chi connectivity index (χ2v) is 4.95. The lowest BCUT2D eigenvalue weighted by Gasteiger charge is -2.15. The fraction of sp³-hybridized carbons (Fsp3) is 0.533. The maximum absolute atomic E-state index is 10.6. The number of carboxylic acids is 1. The summed E-state index contributed by atoms with van der Waals surface area (Å²) in [6.45, 7) is 3.99. The number of benzene rings is 1. The van der Waals surface area contributed by atoms with E-state index in [0.29, 0.717) is 6.42 Å². The molecule has 2 unspecified atom stereocenters. The van der Waals surface area contributed by atoms with Crippen LogP contribution in [0.15, 0.2) is 24.3 Å². The zero-order valence-electron chi connectivity index (χ0n) is 11.1. The molecule has 2 N–H and O–H groups in total. The summed E-state index contributed by atoms with van der Waals surface area (Å²) in [6.07, 6.45) is 2.17. The molecule has 0 aliphatic carbocycles. The van der Waals surface area contributed by atoms with Gasteiger partial charge in [0.1, 0.15) is 0 Å². The van der Waals surface area contributed by atoms with Gasteiger partial charge < -0.3 is 10.2 Å². The van der Waals surface area contributed by atoms with Gasteiger partial charge in [0.2, 0.25) is 0 Å². The lowest BCUT2D eigenvalue weighted by Crippen LogP contribution is -2.09. The van der Waals surface area contributed by atoms with E-state index in [-0.39, 0.29) is 12.3 Å². The fourth-order valence-corrected chi connectivity index (χ4v) is 2.09. The van der Waals surface area contributed by atoms with E-state index in [1.165, 1.54) is 5.56 Å². The Morgan fingerprint density at radius 1 is 1.28 bits per heavy atom. The van der Waals surface area contributed by atoms with Crippen LogP contribution >= 0.6 is 0 Å². The highest BCUT2D eigenvalue weighted by molar-refractivity contribution is 5.66. The number of rotatable bonds is 7. The number of aliphatic hydroxyl groups excluding tert-OH is 1. The van der Waals surface area contributed by atoms with Crippen LogP contribution in [0.25, 0.3) is 0 Å². The largest absolute Gasteiger partial charge is 0.481 e. The van der Waals surface area contributed by atoms with Gasteiger partial charge in [0.25, 0.3) is 0 Å². The molecule has 0 amide bonds. The van der Waals surface area contributed by atoms with Gasteiger partial charge in [0.05, 0.1) is 6.10 Å². The quantitative estimate of drug-likeness (QED) is 0.781. The Morgan fingerprint density at radius 2 is 1.89 bits per heavy atom. The Hall–Kier alpha value is -1.35. The number of carboxylic acid groups (broad SMARTS) is 1. The summed E-state index contributed by atoms with van der Waals surface area (Å²) in [5, 5.41) is 18.7. The molecule has 0 aliphatic rings. The smallest absolute Gasteiger partial charge is 0.303 e. The second-order valence-electron chi connectivity index (χ2n) is 4.95. The molecule has 1 aromatic carbocycles. The minimum absolute atomic E-state index is 0.0205. The van der Waals surface area contributed by atoms with Crippen molar-refractivity contribution in [2.75, 3.05) is 0 Å². The topological polar surface area (TPSA) is 57.5 Å². The maximum Gasteiger partial charge on any atom is 0.303 e. The molecule has 0 aromatic heterocycles. The summed E-state index contributed by atoms with van der Waals surface area (Å²) in [6, 6.07) is 7.93. The maximum atomic E-state index is 10.6. The molecule has 3 heteroatoms. The van der Waals surface area contributed by atoms with Gasteiger partial charge in [-0.25, -0.2) is 0 Å². The van der Waals surface area contributed by atoms with Crippen LogP contribution < -0.4 is 0 Å². The molecule has 0 spiro atoms. The van der Waals surface area contributed by atoms with Crippen molar-refractivity contribution in [2.24, 2.45) is 5.92 Å². The van der Waals surface area contributed by atoms with Crippen LogP contribution in [0.2, 0.25) is 0 Å². The van der Waals surface area contributed by atoms with E-state index < -0.39 is 12.1 Å². The molecule has 0 radical (unpaired) electrons. The Labute approximate surface area is 108 Å². The summed E-state index contributed by atoms with van der Waals surface area (Å²) >= 11 is 0. The summed E-state index contributed by atoms with van der Waals surface area (Å²) < 4.78 is 0. The summed E-state index contributed by atoms with van der Waals surface area (Å²) in [7, 11) is 0. The monoisotopic (exact) mass is 250 g/mol. The molecule has 0 aliphatic heterocycles. The van der Waals surface area contributed by atoms with Gasteiger partial charge in [-0.2, -0.15) is 0 Å². The first-order chi connectivity index (χ1) is 8.52. The second kappa shape index (κ2) is 7.17. The first kappa shape index (κ1) is 14.7. The molecule has 18 heavy (non-hydrogen) atoms. The average Bonchev–Trinajstić information content (AvgIpc) is 2.29. The van der Waals surface area contributed by atoms with Crippen LogP contribution in [0.3, 0.4) is 0 Å². The minimum atomic E-state index is -0.812. The molecule has 3 nitrogen and oxygen atoms in total. The van der Waals surface area contributed by atoms with E-state index in [4.69, 9.17) is 5.11 Å². The third-order valence-corrected chi connectivity index (χ3v) is 3.05. The van der Waals surface area contributed by atoms with Crippen LogP contribution in [0.4, 0.5) is 0 Å². The average molecular weight is 250 g/mol. The van der Waals surface area contributed by atoms with Gasteiger partial charge in [-0.15, -0.1) is 0 Å². The Morgan fingerprint density at radius 3 is 2.39 bits per heavy atom. The Balaban J connectivity index is 2.55. The van der Waals surface area contributed by atoms with Crippen LogP contribution in [0.1, 0.15) is 50.3 Å². The predicted octanol–water partition coefficient (Wildman–Crippen LogP) is 3.17. The molecule has 0 heterocycles. The molecular formula is C15H22O3. The lowest BCUT2D eigenvalue weighted by molar-refractivity contribution is -0.138. The minimum Gasteiger partial charge on any atom is -0.481 e. The van der Waals surface area contributed by atoms with Crippen LogP contribution in [-0.2, 0) is 11.2 Å². The van der Waals surface area contributed by atoms with Crippen molar-refractivity contribution in [3.05, 3.63) is 35.4 Å². The fourth-order valence-electron chi connectivity index (χ4n) is 2.09. The van der Waals surface area contributed by atoms with Crippen molar-refractivity contribution in [1.82, 2.24) is 0 Å². The summed E-state index contributed by atoms with van der Waals surface area (Å²) in [4.78, 5) is 10.6. The third-order valence-electron chi connectivity index (χ3n) is 3.05. The normalized spacial score (nSPS) is 14.2. The van der Waals surface area contributed by atoms with E-state index >= 15 is 0 Å². The molecule has 100 valence electrons. The Bertz CT molecular complexity index is 370. The molecule has 0 saturated carbocycles. The van der Waals surface area contributed by atoms with Gasteiger partial charge in [0.15, 0.2) is 0 Å². The summed E-state index contributed by atoms with van der Waals surface area (Å²) in [5.41, 5.74) is 2.14. The number of carbonyl (C=O) groups is 1. The molecule has 1 rings (SSSR count). The van der Waals surface area contributed by atoms with Crippen LogP contribution in [0.5, 0.6) is 0 Å². The van der Waals surface area contributed by atoms with E-state index in [1.807, 2.05) is 31.2 Å². The third kappa shape index (κ3) is 4.88. The van der Waals surface area contributed by atoms with Crippen molar-refractivity contribution in [2.45, 2.75) is 45.6 Å². The van der Waals surface area contributed by atoms with Crippen molar-refractivity contribution in [3.8, 4) is 0 Å². The zero-order valence-corrected chi connectivity index (χ0v) is 11.1. The van der Waals surface area contributed by atoms with Gasteiger partial charge in [-0.1, -0.05) is 44.5 Å². The number of aliphatic hydroxyl groups is 1.